The molecule has 0 atom stereocenters. The first kappa shape index (κ1) is 23.1. The van der Waals surface area contributed by atoms with Gasteiger partial charge in [-0.1, -0.05) is 31.0 Å². The van der Waals surface area contributed by atoms with Crippen LogP contribution in [0.4, 0.5) is 0 Å². The summed E-state index contributed by atoms with van der Waals surface area (Å²) in [6.07, 6.45) is 6.03. The fraction of sp³-hybridized carbons (Fsp3) is 0.609. The van der Waals surface area contributed by atoms with Crippen molar-refractivity contribution in [1.29, 1.82) is 0 Å². The van der Waals surface area contributed by atoms with E-state index in [0.717, 1.165) is 56.4 Å². The smallest absolute Gasteiger partial charge is 0.230 e. The Kier molecular flexibility index (Phi) is 7.70. The number of ether oxygens (including phenoxy) is 2. The molecule has 1 aromatic carbocycles. The van der Waals surface area contributed by atoms with Crippen molar-refractivity contribution in [3.05, 3.63) is 30.1 Å². The monoisotopic (exact) mass is 459 g/mol. The molecule has 9 heteroatoms. The molecule has 1 aromatic heterocycles. The second-order valence-electron chi connectivity index (χ2n) is 8.51. The minimum atomic E-state index is 0.0372. The van der Waals surface area contributed by atoms with Crippen LogP contribution in [0.1, 0.15) is 37.9 Å². The lowest BCUT2D eigenvalue weighted by molar-refractivity contribution is -0.119. The molecule has 174 valence electrons. The fourth-order valence-electron chi connectivity index (χ4n) is 4.76. The molecular weight excluding hydrogens is 426 g/mol. The number of rotatable bonds is 8. The van der Waals surface area contributed by atoms with Crippen LogP contribution in [-0.4, -0.2) is 76.8 Å². The van der Waals surface area contributed by atoms with Gasteiger partial charge in [0.05, 0.1) is 26.1 Å². The fourth-order valence-corrected chi connectivity index (χ4v) is 5.59. The first-order valence-corrected chi connectivity index (χ1v) is 12.4. The number of hydrogen-bond donors (Lipinski definition) is 1. The highest BCUT2D eigenvalue weighted by molar-refractivity contribution is 7.99. The topological polar surface area (TPSA) is 81.5 Å². The van der Waals surface area contributed by atoms with Gasteiger partial charge in [-0.05, 0) is 44.0 Å². The molecule has 0 spiro atoms. The Morgan fingerprint density at radius 1 is 1.16 bits per heavy atom. The lowest BCUT2D eigenvalue weighted by atomic mass is 9.79. The quantitative estimate of drug-likeness (QED) is 0.608. The molecule has 2 heterocycles. The van der Waals surface area contributed by atoms with E-state index in [1.54, 1.807) is 7.11 Å². The third-order valence-electron chi connectivity index (χ3n) is 6.54. The second-order valence-corrected chi connectivity index (χ2v) is 9.46. The molecular formula is C23H33N5O3S. The second kappa shape index (κ2) is 10.7. The zero-order valence-corrected chi connectivity index (χ0v) is 19.8. The first-order valence-electron chi connectivity index (χ1n) is 11.4. The van der Waals surface area contributed by atoms with Crippen LogP contribution in [0.5, 0.6) is 5.75 Å². The number of aromatic nitrogens is 3. The number of nitrogens with one attached hydrogen (secondary N) is 1. The van der Waals surface area contributed by atoms with Gasteiger partial charge in [-0.15, -0.1) is 10.2 Å². The summed E-state index contributed by atoms with van der Waals surface area (Å²) in [4.78, 5) is 15.3. The van der Waals surface area contributed by atoms with Crippen molar-refractivity contribution >= 4 is 17.7 Å². The largest absolute Gasteiger partial charge is 0.497 e. The Morgan fingerprint density at radius 2 is 1.88 bits per heavy atom. The van der Waals surface area contributed by atoms with Gasteiger partial charge >= 0.3 is 0 Å². The highest BCUT2D eigenvalue weighted by Crippen LogP contribution is 2.34. The summed E-state index contributed by atoms with van der Waals surface area (Å²) in [5, 5.41) is 12.4. The number of amides is 1. The predicted octanol–water partition coefficient (Wildman–Crippen LogP) is 2.83. The number of aryl methyl sites for hydroxylation is 1. The van der Waals surface area contributed by atoms with Crippen molar-refractivity contribution in [2.45, 2.75) is 49.7 Å². The Morgan fingerprint density at radius 3 is 2.56 bits per heavy atom. The average Bonchev–Trinajstić information content (AvgIpc) is 3.22. The van der Waals surface area contributed by atoms with Crippen LogP contribution in [0.15, 0.2) is 29.4 Å². The van der Waals surface area contributed by atoms with E-state index in [2.05, 4.69) is 20.4 Å². The van der Waals surface area contributed by atoms with Crippen LogP contribution in [0.2, 0.25) is 0 Å². The van der Waals surface area contributed by atoms with Crippen molar-refractivity contribution in [3.63, 3.8) is 0 Å². The summed E-state index contributed by atoms with van der Waals surface area (Å²) in [6.45, 7) is 6.09. The number of benzene rings is 1. The summed E-state index contributed by atoms with van der Waals surface area (Å²) in [5.41, 5.74) is 1.02. The highest BCUT2D eigenvalue weighted by atomic mass is 32.2. The van der Waals surface area contributed by atoms with Gasteiger partial charge in [-0.3, -0.25) is 14.3 Å². The maximum Gasteiger partial charge on any atom is 0.230 e. The number of morpholine rings is 1. The van der Waals surface area contributed by atoms with Crippen LogP contribution in [0.3, 0.4) is 0 Å². The number of carbonyl (C=O) groups is 1. The minimum Gasteiger partial charge on any atom is -0.497 e. The normalized spacial score (nSPS) is 18.9. The van der Waals surface area contributed by atoms with Crippen LogP contribution >= 0.6 is 11.8 Å². The van der Waals surface area contributed by atoms with E-state index in [1.165, 1.54) is 31.0 Å². The Labute approximate surface area is 194 Å². The lowest BCUT2D eigenvalue weighted by Crippen LogP contribution is -2.59. The van der Waals surface area contributed by atoms with Gasteiger partial charge in [0.25, 0.3) is 0 Å². The van der Waals surface area contributed by atoms with Gasteiger partial charge in [-0.25, -0.2) is 0 Å². The third kappa shape index (κ3) is 5.27. The lowest BCUT2D eigenvalue weighted by Gasteiger charge is -2.48. The summed E-state index contributed by atoms with van der Waals surface area (Å²) in [6, 6.07) is 7.75. The van der Waals surface area contributed by atoms with Gasteiger partial charge in [0, 0.05) is 30.9 Å². The van der Waals surface area contributed by atoms with E-state index in [1.807, 2.05) is 35.8 Å². The van der Waals surface area contributed by atoms with E-state index in [-0.39, 0.29) is 11.4 Å². The molecule has 4 rings (SSSR count). The van der Waals surface area contributed by atoms with E-state index in [9.17, 15) is 4.79 Å². The summed E-state index contributed by atoms with van der Waals surface area (Å²) >= 11 is 1.41. The molecule has 1 aliphatic heterocycles. The minimum absolute atomic E-state index is 0.0372. The maximum atomic E-state index is 12.8. The molecule has 2 aromatic rings. The molecule has 0 bridgehead atoms. The van der Waals surface area contributed by atoms with Crippen LogP contribution in [0, 0.1) is 6.92 Å². The molecule has 0 unspecified atom stereocenters. The standard InChI is InChI=1S/C23H33N5O3S/c1-18-25-26-22(28(18)19-6-8-20(30-2)9-7-19)32-16-21(29)24-17-23(10-4-3-5-11-23)27-12-14-31-15-13-27/h6-9H,3-5,10-17H2,1-2H3,(H,24,29). The summed E-state index contributed by atoms with van der Waals surface area (Å²) in [7, 11) is 1.65. The third-order valence-corrected chi connectivity index (χ3v) is 7.47. The number of methoxy groups -OCH3 is 1. The van der Waals surface area contributed by atoms with Gasteiger partial charge in [0.15, 0.2) is 5.16 Å². The molecule has 1 saturated carbocycles. The van der Waals surface area contributed by atoms with Crippen molar-refractivity contribution in [1.82, 2.24) is 25.0 Å². The number of thioether (sulfide) groups is 1. The molecule has 8 nitrogen and oxygen atoms in total. The van der Waals surface area contributed by atoms with Crippen LogP contribution < -0.4 is 10.1 Å². The molecule has 1 N–H and O–H groups in total. The molecule has 1 amide bonds. The molecule has 32 heavy (non-hydrogen) atoms. The van der Waals surface area contributed by atoms with Gasteiger partial charge in [0.1, 0.15) is 11.6 Å². The first-order chi connectivity index (χ1) is 15.6. The van der Waals surface area contributed by atoms with Gasteiger partial charge < -0.3 is 14.8 Å². The summed E-state index contributed by atoms with van der Waals surface area (Å²) in [5.74, 6) is 1.93. The van der Waals surface area contributed by atoms with Gasteiger partial charge in [0.2, 0.25) is 5.91 Å². The van der Waals surface area contributed by atoms with E-state index >= 15 is 0 Å². The predicted molar refractivity (Wildman–Crippen MR) is 125 cm³/mol. The van der Waals surface area contributed by atoms with Crippen LogP contribution in [0.25, 0.3) is 5.69 Å². The molecule has 2 fully saturated rings. The number of nitrogens with zero attached hydrogens (tertiary/aromatic N) is 4. The van der Waals surface area contributed by atoms with Crippen molar-refractivity contribution in [2.75, 3.05) is 45.7 Å². The zero-order valence-electron chi connectivity index (χ0n) is 19.0. The highest BCUT2D eigenvalue weighted by Gasteiger charge is 2.38. The Hall–Kier alpha value is -2.10. The Bertz CT molecular complexity index is 890. The van der Waals surface area contributed by atoms with Crippen LogP contribution in [-0.2, 0) is 9.53 Å². The van der Waals surface area contributed by atoms with E-state index < -0.39 is 0 Å². The van der Waals surface area contributed by atoms with Crippen molar-refractivity contribution in [3.8, 4) is 11.4 Å². The molecule has 1 aliphatic carbocycles. The number of hydrogen-bond acceptors (Lipinski definition) is 7. The average molecular weight is 460 g/mol. The Balaban J connectivity index is 1.36. The van der Waals surface area contributed by atoms with Gasteiger partial charge in [-0.2, -0.15) is 0 Å². The molecule has 1 saturated heterocycles. The maximum absolute atomic E-state index is 12.8. The molecule has 2 aliphatic rings. The zero-order chi connectivity index (χ0) is 22.4. The molecule has 0 radical (unpaired) electrons. The van der Waals surface area contributed by atoms with E-state index in [4.69, 9.17) is 9.47 Å². The number of carbonyl (C=O) groups excluding carboxylic acids is 1. The summed E-state index contributed by atoms with van der Waals surface area (Å²) < 4.78 is 12.8. The van der Waals surface area contributed by atoms with Crippen molar-refractivity contribution in [2.24, 2.45) is 0 Å². The van der Waals surface area contributed by atoms with E-state index in [0.29, 0.717) is 17.5 Å². The van der Waals surface area contributed by atoms with Crippen molar-refractivity contribution < 1.29 is 14.3 Å². The SMILES string of the molecule is COc1ccc(-n2c(C)nnc2SCC(=O)NCC2(N3CCOCC3)CCCCC2)cc1.